The number of aromatic nitrogens is 1. The average Bonchev–Trinajstić information content (AvgIpc) is 2.59. The van der Waals surface area contributed by atoms with Crippen molar-refractivity contribution < 1.29 is 18.8 Å². The molecule has 0 fully saturated rings. The van der Waals surface area contributed by atoms with Crippen LogP contribution in [-0.4, -0.2) is 20.0 Å². The van der Waals surface area contributed by atoms with E-state index < -0.39 is 0 Å². The fraction of sp³-hybridized carbons (Fsp3) is 0.333. The maximum atomic E-state index is 12.3. The predicted molar refractivity (Wildman–Crippen MR) is 99.6 cm³/mol. The molecule has 0 aliphatic carbocycles. The molecule has 0 saturated carbocycles. The second kappa shape index (κ2) is 7.97. The lowest BCUT2D eigenvalue weighted by atomic mass is 9.91. The summed E-state index contributed by atoms with van der Waals surface area (Å²) in [4.78, 5) is 12.3. The molecule has 4 nitrogen and oxygen atoms in total. The van der Waals surface area contributed by atoms with Crippen LogP contribution < -0.4 is 14.0 Å². The largest absolute Gasteiger partial charge is 0.493 e. The molecule has 1 aromatic heterocycles. The zero-order chi connectivity index (χ0) is 18.4. The highest BCUT2D eigenvalue weighted by atomic mass is 16.5. The van der Waals surface area contributed by atoms with E-state index >= 15 is 0 Å². The smallest absolute Gasteiger partial charge is 0.207 e. The van der Waals surface area contributed by atoms with Crippen molar-refractivity contribution in [2.24, 2.45) is 5.41 Å². The molecule has 0 amide bonds. The van der Waals surface area contributed by atoms with Crippen LogP contribution in [0.25, 0.3) is 12.2 Å². The van der Waals surface area contributed by atoms with Crippen molar-refractivity contribution in [3.05, 3.63) is 53.9 Å². The van der Waals surface area contributed by atoms with E-state index in [0.29, 0.717) is 18.0 Å². The molecule has 2 rings (SSSR count). The minimum absolute atomic E-state index is 0.199. The fourth-order valence-electron chi connectivity index (χ4n) is 2.31. The third-order valence-corrected chi connectivity index (χ3v) is 3.98. The lowest BCUT2D eigenvalue weighted by Crippen LogP contribution is -2.43. The predicted octanol–water partition coefficient (Wildman–Crippen LogP) is 3.78. The highest BCUT2D eigenvalue weighted by Gasteiger charge is 2.25. The molecule has 1 aromatic carbocycles. The fourth-order valence-corrected chi connectivity index (χ4v) is 2.31. The summed E-state index contributed by atoms with van der Waals surface area (Å²) in [6, 6.07) is 11.7. The first-order valence-electron chi connectivity index (χ1n) is 8.27. The summed E-state index contributed by atoms with van der Waals surface area (Å²) < 4.78 is 12.6. The zero-order valence-electron chi connectivity index (χ0n) is 15.6. The van der Waals surface area contributed by atoms with Gasteiger partial charge in [-0.1, -0.05) is 26.8 Å². The average molecular weight is 340 g/mol. The van der Waals surface area contributed by atoms with Crippen LogP contribution in [0.2, 0.25) is 0 Å². The van der Waals surface area contributed by atoms with Gasteiger partial charge in [-0.2, -0.15) is 4.57 Å². The molecule has 25 heavy (non-hydrogen) atoms. The Hall–Kier alpha value is -2.62. The Kier molecular flexibility index (Phi) is 5.97. The third kappa shape index (κ3) is 4.92. The number of ketones is 1. The Morgan fingerprint density at radius 3 is 2.40 bits per heavy atom. The van der Waals surface area contributed by atoms with E-state index in [9.17, 15) is 4.79 Å². The van der Waals surface area contributed by atoms with Gasteiger partial charge in [0.15, 0.2) is 17.7 Å². The molecule has 0 aliphatic heterocycles. The lowest BCUT2D eigenvalue weighted by molar-refractivity contribution is -0.686. The summed E-state index contributed by atoms with van der Waals surface area (Å²) in [5, 5.41) is 0. The zero-order valence-corrected chi connectivity index (χ0v) is 15.6. The van der Waals surface area contributed by atoms with Gasteiger partial charge in [0.25, 0.3) is 0 Å². The minimum atomic E-state index is -0.354. The molecule has 0 atom stereocenters. The SMILES string of the molecule is COc1ccc(/C=C/c2cccc[n+]2CC(=O)C(C)(C)C)cc1OC. The van der Waals surface area contributed by atoms with E-state index in [2.05, 4.69) is 0 Å². The molecule has 132 valence electrons. The summed E-state index contributed by atoms with van der Waals surface area (Å²) in [7, 11) is 3.24. The number of rotatable bonds is 6. The van der Waals surface area contributed by atoms with Crippen LogP contribution in [0.4, 0.5) is 0 Å². The maximum Gasteiger partial charge on any atom is 0.207 e. The van der Waals surface area contributed by atoms with Gasteiger partial charge in [0.2, 0.25) is 18.0 Å². The first-order valence-corrected chi connectivity index (χ1v) is 8.27. The van der Waals surface area contributed by atoms with Crippen molar-refractivity contribution >= 4 is 17.9 Å². The minimum Gasteiger partial charge on any atom is -0.493 e. The van der Waals surface area contributed by atoms with Crippen molar-refractivity contribution in [2.75, 3.05) is 14.2 Å². The van der Waals surface area contributed by atoms with Crippen LogP contribution in [0.3, 0.4) is 0 Å². The van der Waals surface area contributed by atoms with Gasteiger partial charge in [-0.25, -0.2) is 0 Å². The van der Waals surface area contributed by atoms with Crippen LogP contribution >= 0.6 is 0 Å². The van der Waals surface area contributed by atoms with Gasteiger partial charge < -0.3 is 9.47 Å². The van der Waals surface area contributed by atoms with Crippen LogP contribution in [0.5, 0.6) is 11.5 Å². The Bertz CT molecular complexity index is 773. The number of ether oxygens (including phenoxy) is 2. The molecular weight excluding hydrogens is 314 g/mol. The molecule has 0 unspecified atom stereocenters. The summed E-state index contributed by atoms with van der Waals surface area (Å²) in [6.07, 6.45) is 5.92. The molecule has 1 heterocycles. The molecule has 0 radical (unpaired) electrons. The van der Waals surface area contributed by atoms with Crippen LogP contribution in [-0.2, 0) is 11.3 Å². The topological polar surface area (TPSA) is 39.4 Å². The van der Waals surface area contributed by atoms with Crippen molar-refractivity contribution in [2.45, 2.75) is 27.3 Å². The number of benzene rings is 1. The molecule has 0 N–H and O–H groups in total. The van der Waals surface area contributed by atoms with Gasteiger partial charge in [-0.3, -0.25) is 4.79 Å². The van der Waals surface area contributed by atoms with Crippen LogP contribution in [0.1, 0.15) is 32.0 Å². The van der Waals surface area contributed by atoms with Crippen molar-refractivity contribution in [3.8, 4) is 11.5 Å². The number of pyridine rings is 1. The Balaban J connectivity index is 2.26. The number of nitrogens with zero attached hydrogens (tertiary/aromatic N) is 1. The van der Waals surface area contributed by atoms with E-state index in [1.165, 1.54) is 0 Å². The van der Waals surface area contributed by atoms with Crippen molar-refractivity contribution in [3.63, 3.8) is 0 Å². The van der Waals surface area contributed by atoms with Crippen LogP contribution in [0.15, 0.2) is 42.6 Å². The summed E-state index contributed by atoms with van der Waals surface area (Å²) >= 11 is 0. The van der Waals surface area contributed by atoms with E-state index in [-0.39, 0.29) is 11.2 Å². The van der Waals surface area contributed by atoms with Gasteiger partial charge in [0.1, 0.15) is 0 Å². The molecular formula is C21H26NO3+. The number of hydrogen-bond acceptors (Lipinski definition) is 3. The van der Waals surface area contributed by atoms with E-state index in [0.717, 1.165) is 11.3 Å². The van der Waals surface area contributed by atoms with Gasteiger partial charge in [-0.05, 0) is 29.8 Å². The highest BCUT2D eigenvalue weighted by molar-refractivity contribution is 5.82. The number of carbonyl (C=O) groups excluding carboxylic acids is 1. The van der Waals surface area contributed by atoms with Crippen LogP contribution in [0, 0.1) is 5.41 Å². The van der Waals surface area contributed by atoms with E-state index in [1.807, 2.05) is 80.1 Å². The van der Waals surface area contributed by atoms with Gasteiger partial charge >= 0.3 is 0 Å². The van der Waals surface area contributed by atoms with Gasteiger partial charge in [0, 0.05) is 23.6 Å². The number of methoxy groups -OCH3 is 2. The number of carbonyl (C=O) groups is 1. The summed E-state index contributed by atoms with van der Waals surface area (Å²) in [5.41, 5.74) is 1.61. The highest BCUT2D eigenvalue weighted by Crippen LogP contribution is 2.28. The second-order valence-corrected chi connectivity index (χ2v) is 6.87. The summed E-state index contributed by atoms with van der Waals surface area (Å²) in [5.74, 6) is 1.59. The van der Waals surface area contributed by atoms with E-state index in [1.54, 1.807) is 14.2 Å². The maximum absolute atomic E-state index is 12.3. The molecule has 0 bridgehead atoms. The Labute approximate surface area is 149 Å². The monoisotopic (exact) mass is 340 g/mol. The Morgan fingerprint density at radius 2 is 1.76 bits per heavy atom. The van der Waals surface area contributed by atoms with Crippen molar-refractivity contribution in [1.29, 1.82) is 0 Å². The van der Waals surface area contributed by atoms with Gasteiger partial charge in [0.05, 0.1) is 14.2 Å². The lowest BCUT2D eigenvalue weighted by Gasteiger charge is -2.14. The normalized spacial score (nSPS) is 11.6. The molecule has 0 saturated heterocycles. The Morgan fingerprint density at radius 1 is 1.04 bits per heavy atom. The first-order chi connectivity index (χ1) is 11.8. The first kappa shape index (κ1) is 18.7. The van der Waals surface area contributed by atoms with E-state index in [4.69, 9.17) is 9.47 Å². The number of Topliss-reactive ketones (excluding diaryl/α,β-unsaturated/α-hetero) is 1. The molecule has 4 heteroatoms. The van der Waals surface area contributed by atoms with Crippen molar-refractivity contribution in [1.82, 2.24) is 0 Å². The summed E-state index contributed by atoms with van der Waals surface area (Å²) in [6.45, 7) is 6.18. The third-order valence-electron chi connectivity index (χ3n) is 3.98. The molecule has 2 aromatic rings. The quantitative estimate of drug-likeness (QED) is 0.751. The number of hydrogen-bond donors (Lipinski definition) is 0. The molecule has 0 spiro atoms. The second-order valence-electron chi connectivity index (χ2n) is 6.87. The standard InChI is InChI=1S/C21H26NO3/c1-21(2,3)20(23)15-22-13-7-6-8-17(22)11-9-16-10-12-18(24-4)19(14-16)25-5/h6-14H,15H2,1-5H3/q+1/b11-9+. The van der Waals surface area contributed by atoms with Gasteiger partial charge in [-0.15, -0.1) is 0 Å². The molecule has 0 aliphatic rings.